The Morgan fingerprint density at radius 3 is 2.48 bits per heavy atom. The van der Waals surface area contributed by atoms with E-state index in [2.05, 4.69) is 0 Å². The second-order valence-electron chi connectivity index (χ2n) is 5.75. The number of phenols is 1. The molecular formula is C22H20O5. The molecule has 0 unspecified atom stereocenters. The Labute approximate surface area is 157 Å². The van der Waals surface area contributed by atoms with E-state index in [-0.39, 0.29) is 18.1 Å². The second-order valence-corrected chi connectivity index (χ2v) is 5.75. The van der Waals surface area contributed by atoms with Crippen LogP contribution in [0, 0.1) is 0 Å². The minimum Gasteiger partial charge on any atom is -0.508 e. The number of benzene rings is 2. The van der Waals surface area contributed by atoms with Crippen LogP contribution in [0.15, 0.2) is 71.2 Å². The molecule has 2 aromatic carbocycles. The van der Waals surface area contributed by atoms with E-state index in [4.69, 9.17) is 13.9 Å². The number of phenolic OH excluding ortho intramolecular Hbond substituents is 1. The van der Waals surface area contributed by atoms with Crippen molar-refractivity contribution in [2.45, 2.75) is 13.5 Å². The minimum atomic E-state index is -0.213. The molecule has 0 saturated carbocycles. The van der Waals surface area contributed by atoms with Crippen LogP contribution >= 0.6 is 0 Å². The average Bonchev–Trinajstić information content (AvgIpc) is 3.14. The highest BCUT2D eigenvalue weighted by Crippen LogP contribution is 2.20. The van der Waals surface area contributed by atoms with Gasteiger partial charge in [-0.05, 0) is 67.6 Å². The number of furan rings is 1. The van der Waals surface area contributed by atoms with Crippen molar-refractivity contribution in [2.75, 3.05) is 6.61 Å². The monoisotopic (exact) mass is 364 g/mol. The lowest BCUT2D eigenvalue weighted by molar-refractivity contribution is 0.104. The van der Waals surface area contributed by atoms with Gasteiger partial charge < -0.3 is 19.0 Å². The van der Waals surface area contributed by atoms with Crippen molar-refractivity contribution in [3.8, 4) is 17.2 Å². The number of aromatic hydroxyl groups is 1. The van der Waals surface area contributed by atoms with Crippen LogP contribution in [0.1, 0.15) is 28.8 Å². The summed E-state index contributed by atoms with van der Waals surface area (Å²) >= 11 is 0. The molecular weight excluding hydrogens is 344 g/mol. The Hall–Kier alpha value is -3.47. The van der Waals surface area contributed by atoms with Crippen LogP contribution in [0.25, 0.3) is 6.08 Å². The first-order chi connectivity index (χ1) is 13.1. The van der Waals surface area contributed by atoms with Gasteiger partial charge in [0.15, 0.2) is 5.78 Å². The summed E-state index contributed by atoms with van der Waals surface area (Å²) in [6.07, 6.45) is 3.00. The first-order valence-corrected chi connectivity index (χ1v) is 8.60. The van der Waals surface area contributed by atoms with Gasteiger partial charge in [-0.3, -0.25) is 4.79 Å². The number of ketones is 1. The van der Waals surface area contributed by atoms with Gasteiger partial charge in [0.05, 0.1) is 6.61 Å². The Bertz CT molecular complexity index is 922. The fourth-order valence-electron chi connectivity index (χ4n) is 2.43. The number of carbonyl (C=O) groups is 1. The fourth-order valence-corrected chi connectivity index (χ4v) is 2.43. The standard InChI is InChI=1S/C22H20O5/c1-2-25-18-6-8-19(9-7-18)26-15-21-11-10-20(27-21)12-13-22(24)16-4-3-5-17(23)14-16/h3-14,23H,2,15H2,1H3/b13-12+. The van der Waals surface area contributed by atoms with Crippen LogP contribution < -0.4 is 9.47 Å². The molecule has 1 aromatic heterocycles. The smallest absolute Gasteiger partial charge is 0.186 e. The van der Waals surface area contributed by atoms with E-state index in [9.17, 15) is 9.90 Å². The molecule has 5 nitrogen and oxygen atoms in total. The summed E-state index contributed by atoms with van der Waals surface area (Å²) in [6, 6.07) is 17.1. The van der Waals surface area contributed by atoms with Gasteiger partial charge in [0.25, 0.3) is 0 Å². The van der Waals surface area contributed by atoms with Crippen LogP contribution in [0.4, 0.5) is 0 Å². The van der Waals surface area contributed by atoms with Crippen LogP contribution in [-0.2, 0) is 6.61 Å². The zero-order valence-corrected chi connectivity index (χ0v) is 14.9. The van der Waals surface area contributed by atoms with Crippen LogP contribution in [0.5, 0.6) is 17.2 Å². The molecule has 138 valence electrons. The normalized spacial score (nSPS) is 10.9. The third kappa shape index (κ3) is 5.25. The second kappa shape index (κ2) is 8.76. The molecule has 27 heavy (non-hydrogen) atoms. The zero-order valence-electron chi connectivity index (χ0n) is 14.9. The van der Waals surface area contributed by atoms with Crippen LogP contribution in [-0.4, -0.2) is 17.5 Å². The maximum absolute atomic E-state index is 12.1. The van der Waals surface area contributed by atoms with Gasteiger partial charge >= 0.3 is 0 Å². The molecule has 0 aliphatic heterocycles. The van der Waals surface area contributed by atoms with Gasteiger partial charge in [0.2, 0.25) is 0 Å². The number of rotatable bonds is 8. The van der Waals surface area contributed by atoms with Gasteiger partial charge in [-0.1, -0.05) is 12.1 Å². The predicted octanol–water partition coefficient (Wildman–Crippen LogP) is 4.86. The molecule has 0 spiro atoms. The van der Waals surface area contributed by atoms with Crippen LogP contribution in [0.3, 0.4) is 0 Å². The van der Waals surface area contributed by atoms with Gasteiger partial charge in [-0.25, -0.2) is 0 Å². The summed E-state index contributed by atoms with van der Waals surface area (Å²) in [5.74, 6) is 2.55. The quantitative estimate of drug-likeness (QED) is 0.457. The van der Waals surface area contributed by atoms with Gasteiger partial charge in [0.1, 0.15) is 35.4 Å². The number of hydrogen-bond donors (Lipinski definition) is 1. The lowest BCUT2D eigenvalue weighted by atomic mass is 10.1. The van der Waals surface area contributed by atoms with Gasteiger partial charge in [-0.2, -0.15) is 0 Å². The molecule has 0 atom stereocenters. The Balaban J connectivity index is 1.55. The van der Waals surface area contributed by atoms with Gasteiger partial charge in [0, 0.05) is 5.56 Å². The highest BCUT2D eigenvalue weighted by atomic mass is 16.5. The van der Waals surface area contributed by atoms with Crippen molar-refractivity contribution >= 4 is 11.9 Å². The molecule has 3 aromatic rings. The molecule has 5 heteroatoms. The largest absolute Gasteiger partial charge is 0.508 e. The van der Waals surface area contributed by atoms with E-state index in [1.54, 1.807) is 30.3 Å². The summed E-state index contributed by atoms with van der Waals surface area (Å²) in [5, 5.41) is 9.43. The maximum atomic E-state index is 12.1. The van der Waals surface area contributed by atoms with E-state index in [0.29, 0.717) is 29.4 Å². The molecule has 0 bridgehead atoms. The van der Waals surface area contributed by atoms with Crippen molar-refractivity contribution in [3.63, 3.8) is 0 Å². The molecule has 1 heterocycles. The third-order valence-corrected chi connectivity index (χ3v) is 3.73. The van der Waals surface area contributed by atoms with E-state index in [0.717, 1.165) is 5.75 Å². The maximum Gasteiger partial charge on any atom is 0.186 e. The molecule has 0 aliphatic carbocycles. The van der Waals surface area contributed by atoms with E-state index < -0.39 is 0 Å². The molecule has 0 saturated heterocycles. The minimum absolute atomic E-state index is 0.0565. The third-order valence-electron chi connectivity index (χ3n) is 3.73. The SMILES string of the molecule is CCOc1ccc(OCc2ccc(/C=C/C(=O)c3cccc(O)c3)o2)cc1. The Morgan fingerprint density at radius 2 is 1.78 bits per heavy atom. The fraction of sp³-hybridized carbons (Fsp3) is 0.136. The molecule has 0 fully saturated rings. The lowest BCUT2D eigenvalue weighted by Gasteiger charge is -2.06. The highest BCUT2D eigenvalue weighted by Gasteiger charge is 2.05. The zero-order chi connectivity index (χ0) is 19.1. The average molecular weight is 364 g/mol. The number of ether oxygens (including phenoxy) is 2. The molecule has 0 aliphatic rings. The Kier molecular flexibility index (Phi) is 5.94. The van der Waals surface area contributed by atoms with E-state index in [1.807, 2.05) is 31.2 Å². The first-order valence-electron chi connectivity index (χ1n) is 8.60. The van der Waals surface area contributed by atoms with Crippen molar-refractivity contribution in [1.82, 2.24) is 0 Å². The predicted molar refractivity (Wildman–Crippen MR) is 102 cm³/mol. The molecule has 0 amide bonds. The summed E-state index contributed by atoms with van der Waals surface area (Å²) in [7, 11) is 0. The Morgan fingerprint density at radius 1 is 1.04 bits per heavy atom. The highest BCUT2D eigenvalue weighted by molar-refractivity contribution is 6.06. The van der Waals surface area contributed by atoms with Crippen molar-refractivity contribution < 1.29 is 23.8 Å². The first kappa shape index (κ1) is 18.3. The van der Waals surface area contributed by atoms with E-state index in [1.165, 1.54) is 18.2 Å². The molecule has 0 radical (unpaired) electrons. The van der Waals surface area contributed by atoms with Crippen molar-refractivity contribution in [2.24, 2.45) is 0 Å². The number of carbonyl (C=O) groups excluding carboxylic acids is 1. The molecule has 1 N–H and O–H groups in total. The van der Waals surface area contributed by atoms with Crippen molar-refractivity contribution in [3.05, 3.63) is 83.8 Å². The van der Waals surface area contributed by atoms with Gasteiger partial charge in [-0.15, -0.1) is 0 Å². The number of allylic oxidation sites excluding steroid dienone is 1. The number of hydrogen-bond acceptors (Lipinski definition) is 5. The summed E-state index contributed by atoms with van der Waals surface area (Å²) in [5.41, 5.74) is 0.414. The molecule has 3 rings (SSSR count). The topological polar surface area (TPSA) is 68.9 Å². The summed E-state index contributed by atoms with van der Waals surface area (Å²) < 4.78 is 16.7. The lowest BCUT2D eigenvalue weighted by Crippen LogP contribution is -1.94. The summed E-state index contributed by atoms with van der Waals surface area (Å²) in [4.78, 5) is 12.1. The summed E-state index contributed by atoms with van der Waals surface area (Å²) in [6.45, 7) is 2.84. The van der Waals surface area contributed by atoms with Crippen LogP contribution in [0.2, 0.25) is 0 Å². The van der Waals surface area contributed by atoms with Crippen molar-refractivity contribution in [1.29, 1.82) is 0 Å². The van der Waals surface area contributed by atoms with E-state index >= 15 is 0 Å².